The molecule has 3 heteroatoms. The van der Waals surface area contributed by atoms with Gasteiger partial charge in [-0.1, -0.05) is 65.8 Å². The van der Waals surface area contributed by atoms with Crippen LogP contribution in [0.5, 0.6) is 5.75 Å². The van der Waals surface area contributed by atoms with Crippen LogP contribution in [-0.4, -0.2) is 17.7 Å². The molecule has 1 aromatic rings. The molecular weight excluding hydrogens is 360 g/mol. The summed E-state index contributed by atoms with van der Waals surface area (Å²) in [6.07, 6.45) is 13.0. The molecule has 0 aromatic heterocycles. The third-order valence-corrected chi connectivity index (χ3v) is 5.86. The van der Waals surface area contributed by atoms with Gasteiger partial charge in [-0.3, -0.25) is 0 Å². The van der Waals surface area contributed by atoms with Crippen LogP contribution in [0.1, 0.15) is 83.9 Å². The molecule has 1 aliphatic rings. The summed E-state index contributed by atoms with van der Waals surface area (Å²) in [7, 11) is 0. The summed E-state index contributed by atoms with van der Waals surface area (Å²) in [5, 5.41) is 8.93. The van der Waals surface area contributed by atoms with Crippen molar-refractivity contribution in [1.29, 1.82) is 0 Å². The zero-order valence-corrected chi connectivity index (χ0v) is 18.8. The van der Waals surface area contributed by atoms with Crippen molar-refractivity contribution >= 4 is 12.0 Å². The molecule has 0 radical (unpaired) electrons. The van der Waals surface area contributed by atoms with E-state index in [0.29, 0.717) is 13.0 Å². The Morgan fingerprint density at radius 3 is 2.24 bits per heavy atom. The summed E-state index contributed by atoms with van der Waals surface area (Å²) in [5.74, 6) is 0.0167. The largest absolute Gasteiger partial charge is 0.493 e. The Labute approximate surface area is 176 Å². The molecule has 2 rings (SSSR count). The fourth-order valence-corrected chi connectivity index (χ4v) is 3.84. The average Bonchev–Trinajstić information content (AvgIpc) is 2.66. The summed E-state index contributed by atoms with van der Waals surface area (Å²) in [4.78, 5) is 10.9. The lowest BCUT2D eigenvalue weighted by atomic mass is 9.63. The second-order valence-corrected chi connectivity index (χ2v) is 9.18. The Kier molecular flexibility index (Phi) is 7.51. The molecule has 0 amide bonds. The van der Waals surface area contributed by atoms with Crippen molar-refractivity contribution in [2.45, 2.75) is 78.1 Å². The second kappa shape index (κ2) is 9.47. The minimum absolute atomic E-state index is 0.145. The Balaban J connectivity index is 2.43. The number of carbonyl (C=O) groups is 1. The van der Waals surface area contributed by atoms with E-state index < -0.39 is 5.97 Å². The van der Waals surface area contributed by atoms with E-state index in [2.05, 4.69) is 52.8 Å². The van der Waals surface area contributed by atoms with Crippen molar-refractivity contribution in [3.63, 3.8) is 0 Å². The number of rotatable bonds is 8. The number of aliphatic carboxylic acids is 1. The second-order valence-electron chi connectivity index (χ2n) is 9.18. The quantitative estimate of drug-likeness (QED) is 0.387. The van der Waals surface area contributed by atoms with E-state index in [9.17, 15) is 4.79 Å². The summed E-state index contributed by atoms with van der Waals surface area (Å²) < 4.78 is 6.10. The summed E-state index contributed by atoms with van der Waals surface area (Å²) in [5.41, 5.74) is 4.96. The fraction of sp³-hybridized carbons (Fsp3) is 0.500. The first-order valence-electron chi connectivity index (χ1n) is 10.7. The number of allylic oxidation sites excluding steroid dienone is 4. The van der Waals surface area contributed by atoms with Crippen LogP contribution in [0, 0.1) is 0 Å². The molecule has 3 nitrogen and oxygen atoms in total. The number of fused-ring (bicyclic) bond motifs is 1. The van der Waals surface area contributed by atoms with Crippen LogP contribution in [-0.2, 0) is 15.6 Å². The third-order valence-electron chi connectivity index (χ3n) is 5.86. The maximum absolute atomic E-state index is 10.9. The van der Waals surface area contributed by atoms with Crippen molar-refractivity contribution in [1.82, 2.24) is 0 Å². The highest BCUT2D eigenvalue weighted by atomic mass is 16.5. The maximum Gasteiger partial charge on any atom is 0.328 e. The first-order valence-corrected chi connectivity index (χ1v) is 10.7. The molecule has 0 aliphatic heterocycles. The minimum Gasteiger partial charge on any atom is -0.493 e. The van der Waals surface area contributed by atoms with Crippen molar-refractivity contribution < 1.29 is 14.6 Å². The van der Waals surface area contributed by atoms with Gasteiger partial charge in [-0.15, -0.1) is 0 Å². The smallest absolute Gasteiger partial charge is 0.328 e. The highest BCUT2D eigenvalue weighted by Gasteiger charge is 2.37. The topological polar surface area (TPSA) is 46.5 Å². The maximum atomic E-state index is 10.9. The van der Waals surface area contributed by atoms with Gasteiger partial charge in [-0.25, -0.2) is 4.79 Å². The lowest BCUT2D eigenvalue weighted by molar-refractivity contribution is -0.131. The number of carboxylic acids is 1. The predicted molar refractivity (Wildman–Crippen MR) is 122 cm³/mol. The van der Waals surface area contributed by atoms with Crippen LogP contribution in [0.2, 0.25) is 0 Å². The van der Waals surface area contributed by atoms with Gasteiger partial charge in [0.25, 0.3) is 0 Å². The highest BCUT2D eigenvalue weighted by Crippen LogP contribution is 2.47. The minimum atomic E-state index is -0.912. The first kappa shape index (κ1) is 23.0. The van der Waals surface area contributed by atoms with E-state index >= 15 is 0 Å². The number of hydrogen-bond donors (Lipinski definition) is 1. The van der Waals surface area contributed by atoms with Gasteiger partial charge in [0.2, 0.25) is 0 Å². The van der Waals surface area contributed by atoms with Crippen LogP contribution >= 0.6 is 0 Å². The third kappa shape index (κ3) is 5.85. The number of benzene rings is 1. The van der Waals surface area contributed by atoms with E-state index in [1.807, 2.05) is 25.2 Å². The lowest BCUT2D eigenvalue weighted by Crippen LogP contribution is -2.34. The van der Waals surface area contributed by atoms with Gasteiger partial charge in [-0.05, 0) is 65.3 Å². The van der Waals surface area contributed by atoms with Gasteiger partial charge in [0, 0.05) is 11.6 Å². The first-order chi connectivity index (χ1) is 13.6. The Morgan fingerprint density at radius 1 is 1.07 bits per heavy atom. The van der Waals surface area contributed by atoms with Crippen molar-refractivity contribution in [3.8, 4) is 5.75 Å². The molecule has 29 heavy (non-hydrogen) atoms. The van der Waals surface area contributed by atoms with Gasteiger partial charge >= 0.3 is 5.97 Å². The molecule has 0 bridgehead atoms. The summed E-state index contributed by atoms with van der Waals surface area (Å²) in [6, 6.07) is 4.54. The van der Waals surface area contributed by atoms with Crippen molar-refractivity contribution in [3.05, 3.63) is 58.7 Å². The molecule has 0 atom stereocenters. The van der Waals surface area contributed by atoms with E-state index in [4.69, 9.17) is 9.84 Å². The molecule has 0 heterocycles. The standard InChI is InChI=1S/C26H36O3/c1-7-15-29-23-18-22-21(25(3,4)13-14-26(22,5)6)17-20(23)12-10-9-11-19(8-2)16-24(27)28/h9-12,16-18H,7-8,13-15H2,1-6H3,(H,27,28)/b11-9+,12-10+,19-16-. The van der Waals surface area contributed by atoms with Gasteiger partial charge in [0.1, 0.15) is 5.75 Å². The molecule has 0 spiro atoms. The lowest BCUT2D eigenvalue weighted by Gasteiger charge is -2.42. The number of ether oxygens (including phenoxy) is 1. The molecule has 1 aliphatic carbocycles. The molecular formula is C26H36O3. The Morgan fingerprint density at radius 2 is 1.69 bits per heavy atom. The van der Waals surface area contributed by atoms with E-state index in [0.717, 1.165) is 23.3 Å². The van der Waals surface area contributed by atoms with E-state index in [1.165, 1.54) is 30.0 Å². The Hall–Kier alpha value is -2.29. The van der Waals surface area contributed by atoms with Gasteiger partial charge in [-0.2, -0.15) is 0 Å². The Bertz CT molecular complexity index is 823. The van der Waals surface area contributed by atoms with Gasteiger partial charge < -0.3 is 9.84 Å². The monoisotopic (exact) mass is 396 g/mol. The SMILES string of the molecule is CCCOc1cc2c(cc1/C=C/C=C/C(=C\C(=O)O)CC)C(C)(C)CCC2(C)C. The zero-order valence-electron chi connectivity index (χ0n) is 18.8. The van der Waals surface area contributed by atoms with Crippen LogP contribution in [0.3, 0.4) is 0 Å². The summed E-state index contributed by atoms with van der Waals surface area (Å²) in [6.45, 7) is 14.1. The van der Waals surface area contributed by atoms with Gasteiger partial charge in [0.15, 0.2) is 0 Å². The normalized spacial score (nSPS) is 18.2. The van der Waals surface area contributed by atoms with Crippen molar-refractivity contribution in [2.24, 2.45) is 0 Å². The van der Waals surface area contributed by atoms with E-state index in [-0.39, 0.29) is 10.8 Å². The summed E-state index contributed by atoms with van der Waals surface area (Å²) >= 11 is 0. The molecule has 0 saturated carbocycles. The number of carboxylic acid groups (broad SMARTS) is 1. The van der Waals surface area contributed by atoms with Crippen molar-refractivity contribution in [2.75, 3.05) is 6.61 Å². The zero-order chi connectivity index (χ0) is 21.7. The highest BCUT2D eigenvalue weighted by molar-refractivity contribution is 5.81. The molecule has 1 N–H and O–H groups in total. The molecule has 0 fully saturated rings. The van der Waals surface area contributed by atoms with E-state index in [1.54, 1.807) is 0 Å². The fourth-order valence-electron chi connectivity index (χ4n) is 3.84. The van der Waals surface area contributed by atoms with Crippen LogP contribution < -0.4 is 4.74 Å². The predicted octanol–water partition coefficient (Wildman–Crippen LogP) is 6.81. The van der Waals surface area contributed by atoms with Crippen LogP contribution in [0.25, 0.3) is 6.08 Å². The average molecular weight is 397 g/mol. The molecule has 0 unspecified atom stereocenters. The molecule has 1 aromatic carbocycles. The van der Waals surface area contributed by atoms with Crippen LogP contribution in [0.15, 0.2) is 42.0 Å². The number of hydrogen-bond acceptors (Lipinski definition) is 2. The van der Waals surface area contributed by atoms with Crippen LogP contribution in [0.4, 0.5) is 0 Å². The molecule has 0 saturated heterocycles. The van der Waals surface area contributed by atoms with Gasteiger partial charge in [0.05, 0.1) is 6.61 Å². The molecule has 158 valence electrons.